The van der Waals surface area contributed by atoms with Crippen molar-refractivity contribution >= 4 is 23.3 Å². The van der Waals surface area contributed by atoms with Gasteiger partial charge in [-0.2, -0.15) is 5.10 Å². The van der Waals surface area contributed by atoms with Gasteiger partial charge in [0.15, 0.2) is 0 Å². The molecule has 6 heteroatoms. The number of benzene rings is 2. The quantitative estimate of drug-likeness (QED) is 0.513. The Hall–Kier alpha value is -2.89. The molecule has 2 aromatic carbocycles. The molecule has 1 N–H and O–H groups in total. The highest BCUT2D eigenvalue weighted by Gasteiger charge is 2.13. The number of nitro benzene ring substituents is 1. The largest absolute Gasteiger partial charge is 0.371 e. The number of nitrogens with one attached hydrogen (secondary N) is 1. The Bertz CT molecular complexity index is 750. The van der Waals surface area contributed by atoms with Crippen LogP contribution in [0.5, 0.6) is 0 Å². The fourth-order valence-corrected chi connectivity index (χ4v) is 2.91. The van der Waals surface area contributed by atoms with Crippen molar-refractivity contribution in [3.8, 4) is 0 Å². The minimum absolute atomic E-state index is 0.0673. The van der Waals surface area contributed by atoms with Crippen molar-refractivity contribution in [1.82, 2.24) is 0 Å². The zero-order chi connectivity index (χ0) is 16.9. The molecule has 0 aromatic heterocycles. The summed E-state index contributed by atoms with van der Waals surface area (Å²) in [6.07, 6.45) is 4.28. The fraction of sp³-hybridized carbons (Fsp3) is 0.278. The summed E-state index contributed by atoms with van der Waals surface area (Å²) in [4.78, 5) is 12.6. The predicted octanol–water partition coefficient (Wildman–Crippen LogP) is 3.95. The van der Waals surface area contributed by atoms with E-state index in [1.54, 1.807) is 18.3 Å². The van der Waals surface area contributed by atoms with Gasteiger partial charge in [-0.25, -0.2) is 0 Å². The Morgan fingerprint density at radius 3 is 2.50 bits per heavy atom. The van der Waals surface area contributed by atoms with E-state index in [0.29, 0.717) is 5.69 Å². The van der Waals surface area contributed by atoms with Crippen LogP contribution in [0.1, 0.15) is 24.0 Å². The third kappa shape index (κ3) is 3.71. The molecule has 0 unspecified atom stereocenters. The van der Waals surface area contributed by atoms with Gasteiger partial charge in [0, 0.05) is 30.9 Å². The molecule has 3 rings (SSSR count). The first-order chi connectivity index (χ1) is 11.6. The summed E-state index contributed by atoms with van der Waals surface area (Å²) in [6.45, 7) is 4.39. The van der Waals surface area contributed by atoms with Crippen LogP contribution in [0.25, 0.3) is 0 Å². The Morgan fingerprint density at radius 1 is 1.17 bits per heavy atom. The second-order valence-corrected chi connectivity index (χ2v) is 5.91. The highest BCUT2D eigenvalue weighted by atomic mass is 16.6. The topological polar surface area (TPSA) is 70.8 Å². The number of hydrogen-bond acceptors (Lipinski definition) is 5. The highest BCUT2D eigenvalue weighted by molar-refractivity contribution is 5.81. The monoisotopic (exact) mass is 324 g/mol. The molecule has 24 heavy (non-hydrogen) atoms. The Labute approximate surface area is 141 Å². The van der Waals surface area contributed by atoms with E-state index in [4.69, 9.17) is 0 Å². The first-order valence-corrected chi connectivity index (χ1v) is 8.02. The second-order valence-electron chi connectivity index (χ2n) is 5.91. The van der Waals surface area contributed by atoms with Gasteiger partial charge in [0.25, 0.3) is 5.69 Å². The molecular weight excluding hydrogens is 304 g/mol. The Kier molecular flexibility index (Phi) is 4.74. The zero-order valence-electron chi connectivity index (χ0n) is 13.6. The van der Waals surface area contributed by atoms with Crippen molar-refractivity contribution < 1.29 is 4.92 Å². The van der Waals surface area contributed by atoms with Crippen molar-refractivity contribution in [1.29, 1.82) is 0 Å². The second kappa shape index (κ2) is 7.12. The predicted molar refractivity (Wildman–Crippen MR) is 96.9 cm³/mol. The number of hydrazone groups is 1. The van der Waals surface area contributed by atoms with E-state index in [2.05, 4.69) is 40.5 Å². The highest BCUT2D eigenvalue weighted by Crippen LogP contribution is 2.24. The van der Waals surface area contributed by atoms with E-state index in [1.807, 2.05) is 0 Å². The van der Waals surface area contributed by atoms with E-state index in [9.17, 15) is 10.1 Å². The van der Waals surface area contributed by atoms with E-state index >= 15 is 0 Å². The van der Waals surface area contributed by atoms with Gasteiger partial charge in [0.2, 0.25) is 0 Å². The summed E-state index contributed by atoms with van der Waals surface area (Å²) in [7, 11) is 0. The molecule has 2 aromatic rings. The molecule has 0 atom stereocenters. The summed E-state index contributed by atoms with van der Waals surface area (Å²) in [5, 5.41) is 14.8. The van der Waals surface area contributed by atoms with Crippen LogP contribution in [-0.2, 0) is 0 Å². The molecule has 1 aliphatic rings. The minimum Gasteiger partial charge on any atom is -0.371 e. The minimum atomic E-state index is -0.419. The fourth-order valence-electron chi connectivity index (χ4n) is 2.91. The first-order valence-electron chi connectivity index (χ1n) is 8.02. The lowest BCUT2D eigenvalue weighted by Gasteiger charge is -2.20. The molecule has 0 aliphatic carbocycles. The van der Waals surface area contributed by atoms with E-state index in [1.165, 1.54) is 36.2 Å². The number of hydrogen-bond donors (Lipinski definition) is 1. The van der Waals surface area contributed by atoms with Crippen LogP contribution in [0, 0.1) is 17.0 Å². The summed E-state index contributed by atoms with van der Waals surface area (Å²) in [5.74, 6) is 0. The van der Waals surface area contributed by atoms with Gasteiger partial charge >= 0.3 is 0 Å². The molecule has 1 fully saturated rings. The number of anilines is 2. The summed E-state index contributed by atoms with van der Waals surface area (Å²) < 4.78 is 0. The van der Waals surface area contributed by atoms with Crippen LogP contribution in [0.15, 0.2) is 47.6 Å². The number of aryl methyl sites for hydroxylation is 1. The molecule has 0 amide bonds. The lowest BCUT2D eigenvalue weighted by Crippen LogP contribution is -2.18. The van der Waals surface area contributed by atoms with Crippen molar-refractivity contribution in [2.75, 3.05) is 23.4 Å². The average molecular weight is 324 g/mol. The van der Waals surface area contributed by atoms with Gasteiger partial charge in [0.05, 0.1) is 16.8 Å². The van der Waals surface area contributed by atoms with Crippen molar-refractivity contribution in [2.24, 2.45) is 5.10 Å². The van der Waals surface area contributed by atoms with Crippen LogP contribution >= 0.6 is 0 Å². The third-order valence-electron chi connectivity index (χ3n) is 4.15. The number of nitrogens with zero attached hydrogens (tertiary/aromatic N) is 3. The lowest BCUT2D eigenvalue weighted by atomic mass is 10.1. The summed E-state index contributed by atoms with van der Waals surface area (Å²) in [5.41, 5.74) is 7.23. The Morgan fingerprint density at radius 2 is 1.88 bits per heavy atom. The number of rotatable bonds is 5. The Balaban J connectivity index is 1.63. The SMILES string of the molecule is Cc1cc(/C=N\Nc2ccc([N+](=O)[O-])cc2)ccc1N1CCCC1. The normalized spacial score (nSPS) is 14.3. The van der Waals surface area contributed by atoms with Crippen molar-refractivity contribution in [3.05, 3.63) is 63.7 Å². The van der Waals surface area contributed by atoms with Gasteiger partial charge in [0.1, 0.15) is 0 Å². The van der Waals surface area contributed by atoms with Gasteiger partial charge in [-0.3, -0.25) is 15.5 Å². The molecule has 0 spiro atoms. The average Bonchev–Trinajstić information content (AvgIpc) is 3.10. The van der Waals surface area contributed by atoms with Crippen molar-refractivity contribution in [2.45, 2.75) is 19.8 Å². The molecule has 124 valence electrons. The molecule has 0 bridgehead atoms. The van der Waals surface area contributed by atoms with Crippen LogP contribution in [0.4, 0.5) is 17.1 Å². The number of non-ortho nitro benzene ring substituents is 1. The van der Waals surface area contributed by atoms with Gasteiger partial charge in [-0.05, 0) is 55.2 Å². The summed E-state index contributed by atoms with van der Waals surface area (Å²) >= 11 is 0. The van der Waals surface area contributed by atoms with E-state index in [0.717, 1.165) is 18.7 Å². The molecular formula is C18H20N4O2. The van der Waals surface area contributed by atoms with Gasteiger partial charge in [-0.15, -0.1) is 0 Å². The third-order valence-corrected chi connectivity index (χ3v) is 4.15. The molecule has 6 nitrogen and oxygen atoms in total. The first kappa shape index (κ1) is 16.0. The van der Waals surface area contributed by atoms with Crippen LogP contribution in [-0.4, -0.2) is 24.2 Å². The van der Waals surface area contributed by atoms with Crippen LogP contribution in [0.2, 0.25) is 0 Å². The zero-order valence-corrected chi connectivity index (χ0v) is 13.6. The van der Waals surface area contributed by atoms with Crippen LogP contribution in [0.3, 0.4) is 0 Å². The van der Waals surface area contributed by atoms with E-state index in [-0.39, 0.29) is 5.69 Å². The van der Waals surface area contributed by atoms with E-state index < -0.39 is 4.92 Å². The maximum absolute atomic E-state index is 10.6. The molecule has 0 saturated carbocycles. The molecule has 1 heterocycles. The molecule has 0 radical (unpaired) electrons. The van der Waals surface area contributed by atoms with Crippen LogP contribution < -0.4 is 10.3 Å². The van der Waals surface area contributed by atoms with Gasteiger partial charge in [-0.1, -0.05) is 6.07 Å². The standard InChI is InChI=1S/C18H20N4O2/c1-14-12-15(4-9-18(14)21-10-2-3-11-21)13-19-20-16-5-7-17(8-6-16)22(23)24/h4-9,12-13,20H,2-3,10-11H2,1H3/b19-13-. The van der Waals surface area contributed by atoms with Gasteiger partial charge < -0.3 is 4.90 Å². The lowest BCUT2D eigenvalue weighted by molar-refractivity contribution is -0.384. The smallest absolute Gasteiger partial charge is 0.269 e. The van der Waals surface area contributed by atoms with Crippen molar-refractivity contribution in [3.63, 3.8) is 0 Å². The summed E-state index contributed by atoms with van der Waals surface area (Å²) in [6, 6.07) is 12.5. The molecule has 1 saturated heterocycles. The maximum Gasteiger partial charge on any atom is 0.269 e. The molecule has 1 aliphatic heterocycles. The maximum atomic E-state index is 10.6. The number of nitro groups is 1.